The molecule has 1 aromatic carbocycles. The SMILES string of the molecule is Cc1ccc(NC(=O)Cn2c(N3CCCCC3)nc(C)c(C)c2=O)c(C)c1. The largest absolute Gasteiger partial charge is 0.342 e. The Balaban J connectivity index is 1.89. The Kier molecular flexibility index (Phi) is 5.63. The third-order valence-corrected chi connectivity index (χ3v) is 5.21. The number of rotatable bonds is 4. The molecule has 0 unspecified atom stereocenters. The van der Waals surface area contributed by atoms with Gasteiger partial charge in [0.25, 0.3) is 5.56 Å². The number of carbonyl (C=O) groups is 1. The molecule has 6 nitrogen and oxygen atoms in total. The van der Waals surface area contributed by atoms with E-state index >= 15 is 0 Å². The third kappa shape index (κ3) is 4.21. The van der Waals surface area contributed by atoms with Gasteiger partial charge in [-0.2, -0.15) is 0 Å². The van der Waals surface area contributed by atoms with Gasteiger partial charge in [0.15, 0.2) is 0 Å². The Labute approximate surface area is 160 Å². The fourth-order valence-electron chi connectivity index (χ4n) is 3.51. The first-order valence-corrected chi connectivity index (χ1v) is 9.57. The van der Waals surface area contributed by atoms with E-state index in [1.54, 1.807) is 6.92 Å². The molecule has 0 bridgehead atoms. The van der Waals surface area contributed by atoms with Gasteiger partial charge in [0.2, 0.25) is 11.9 Å². The molecule has 3 rings (SSSR count). The number of anilines is 2. The second kappa shape index (κ2) is 7.94. The zero-order valence-corrected chi connectivity index (χ0v) is 16.6. The van der Waals surface area contributed by atoms with Crippen molar-refractivity contribution in [2.75, 3.05) is 23.3 Å². The summed E-state index contributed by atoms with van der Waals surface area (Å²) in [7, 11) is 0. The van der Waals surface area contributed by atoms with Crippen molar-refractivity contribution in [1.29, 1.82) is 0 Å². The van der Waals surface area contributed by atoms with E-state index in [0.29, 0.717) is 11.5 Å². The van der Waals surface area contributed by atoms with Crippen molar-refractivity contribution in [1.82, 2.24) is 9.55 Å². The number of piperidine rings is 1. The fourth-order valence-corrected chi connectivity index (χ4v) is 3.51. The van der Waals surface area contributed by atoms with Crippen molar-refractivity contribution < 1.29 is 4.79 Å². The number of amides is 1. The maximum Gasteiger partial charge on any atom is 0.258 e. The number of carbonyl (C=O) groups excluding carboxylic acids is 1. The van der Waals surface area contributed by atoms with Crippen molar-refractivity contribution in [2.24, 2.45) is 0 Å². The van der Waals surface area contributed by atoms with E-state index in [9.17, 15) is 9.59 Å². The molecule has 0 saturated carbocycles. The summed E-state index contributed by atoms with van der Waals surface area (Å²) in [4.78, 5) is 32.3. The first-order chi connectivity index (χ1) is 12.9. The van der Waals surface area contributed by atoms with Crippen LogP contribution in [0, 0.1) is 27.7 Å². The molecule has 1 fully saturated rings. The predicted octanol–water partition coefficient (Wildman–Crippen LogP) is 3.11. The lowest BCUT2D eigenvalue weighted by atomic mass is 10.1. The molecule has 1 saturated heterocycles. The number of benzene rings is 1. The van der Waals surface area contributed by atoms with E-state index in [-0.39, 0.29) is 18.0 Å². The highest BCUT2D eigenvalue weighted by molar-refractivity contribution is 5.91. The smallest absolute Gasteiger partial charge is 0.258 e. The molecule has 0 radical (unpaired) electrons. The minimum Gasteiger partial charge on any atom is -0.342 e. The normalized spacial score (nSPS) is 14.3. The first-order valence-electron chi connectivity index (χ1n) is 9.57. The zero-order chi connectivity index (χ0) is 19.6. The second-order valence-corrected chi connectivity index (χ2v) is 7.43. The molecule has 1 N–H and O–H groups in total. The minimum atomic E-state index is -0.215. The van der Waals surface area contributed by atoms with Crippen molar-refractivity contribution in [3.05, 3.63) is 50.9 Å². The lowest BCUT2D eigenvalue weighted by Gasteiger charge is -2.30. The van der Waals surface area contributed by atoms with E-state index < -0.39 is 0 Å². The maximum atomic E-state index is 12.9. The molecular formula is C21H28N4O2. The highest BCUT2D eigenvalue weighted by atomic mass is 16.2. The Hall–Kier alpha value is -2.63. The van der Waals surface area contributed by atoms with Crippen LogP contribution in [0.1, 0.15) is 41.6 Å². The van der Waals surface area contributed by atoms with Crippen molar-refractivity contribution in [3.63, 3.8) is 0 Å². The second-order valence-electron chi connectivity index (χ2n) is 7.43. The zero-order valence-electron chi connectivity index (χ0n) is 16.6. The van der Waals surface area contributed by atoms with Crippen LogP contribution >= 0.6 is 0 Å². The van der Waals surface area contributed by atoms with Crippen LogP contribution in [-0.4, -0.2) is 28.5 Å². The van der Waals surface area contributed by atoms with Crippen LogP contribution in [0.5, 0.6) is 0 Å². The molecule has 27 heavy (non-hydrogen) atoms. The molecule has 0 aliphatic carbocycles. The van der Waals surface area contributed by atoms with Crippen molar-refractivity contribution >= 4 is 17.5 Å². The van der Waals surface area contributed by atoms with Crippen LogP contribution in [0.3, 0.4) is 0 Å². The predicted molar refractivity (Wildman–Crippen MR) is 109 cm³/mol. The molecule has 2 aromatic rings. The number of nitrogens with zero attached hydrogens (tertiary/aromatic N) is 3. The van der Waals surface area contributed by atoms with E-state index in [1.807, 2.05) is 39.0 Å². The lowest BCUT2D eigenvalue weighted by Crippen LogP contribution is -2.39. The van der Waals surface area contributed by atoms with Gasteiger partial charge in [-0.05, 0) is 58.6 Å². The number of hydrogen-bond acceptors (Lipinski definition) is 4. The highest BCUT2D eigenvalue weighted by Crippen LogP contribution is 2.19. The van der Waals surface area contributed by atoms with Gasteiger partial charge >= 0.3 is 0 Å². The fraction of sp³-hybridized carbons (Fsp3) is 0.476. The summed E-state index contributed by atoms with van der Waals surface area (Å²) >= 11 is 0. The van der Waals surface area contributed by atoms with Gasteiger partial charge in [-0.25, -0.2) is 4.98 Å². The van der Waals surface area contributed by atoms with Crippen LogP contribution < -0.4 is 15.8 Å². The van der Waals surface area contributed by atoms with Crippen LogP contribution in [0.15, 0.2) is 23.0 Å². The topological polar surface area (TPSA) is 67.2 Å². The Morgan fingerprint density at radius 1 is 1.11 bits per heavy atom. The molecule has 6 heteroatoms. The molecule has 0 atom stereocenters. The monoisotopic (exact) mass is 368 g/mol. The van der Waals surface area contributed by atoms with Gasteiger partial charge in [-0.3, -0.25) is 14.2 Å². The van der Waals surface area contributed by atoms with Gasteiger partial charge in [-0.15, -0.1) is 0 Å². The molecule has 1 aliphatic heterocycles. The summed E-state index contributed by atoms with van der Waals surface area (Å²) in [5.41, 5.74) is 4.10. The Morgan fingerprint density at radius 3 is 2.48 bits per heavy atom. The van der Waals surface area contributed by atoms with E-state index in [0.717, 1.165) is 48.4 Å². The first kappa shape index (κ1) is 19.1. The Bertz CT molecular complexity index is 911. The summed E-state index contributed by atoms with van der Waals surface area (Å²) in [5.74, 6) is 0.394. The van der Waals surface area contributed by atoms with Crippen LogP contribution in [0.4, 0.5) is 11.6 Å². The van der Waals surface area contributed by atoms with Crippen LogP contribution in [0.25, 0.3) is 0 Å². The van der Waals surface area contributed by atoms with E-state index in [1.165, 1.54) is 11.0 Å². The molecular weight excluding hydrogens is 340 g/mol. The van der Waals surface area contributed by atoms with Gasteiger partial charge < -0.3 is 10.2 Å². The van der Waals surface area contributed by atoms with Gasteiger partial charge in [0.05, 0.1) is 0 Å². The summed E-state index contributed by atoms with van der Waals surface area (Å²) in [6.45, 7) is 9.30. The summed E-state index contributed by atoms with van der Waals surface area (Å²) in [5, 5.41) is 2.93. The lowest BCUT2D eigenvalue weighted by molar-refractivity contribution is -0.116. The number of aryl methyl sites for hydroxylation is 3. The third-order valence-electron chi connectivity index (χ3n) is 5.21. The number of hydrogen-bond donors (Lipinski definition) is 1. The van der Waals surface area contributed by atoms with E-state index in [2.05, 4.69) is 15.2 Å². The summed E-state index contributed by atoms with van der Waals surface area (Å²) < 4.78 is 1.52. The molecule has 1 aliphatic rings. The summed E-state index contributed by atoms with van der Waals surface area (Å²) in [6, 6.07) is 5.89. The molecule has 0 spiro atoms. The van der Waals surface area contributed by atoms with Gasteiger partial charge in [-0.1, -0.05) is 17.7 Å². The Morgan fingerprint density at radius 2 is 1.81 bits per heavy atom. The van der Waals surface area contributed by atoms with Crippen molar-refractivity contribution in [3.8, 4) is 0 Å². The molecule has 1 amide bonds. The average Bonchev–Trinajstić information content (AvgIpc) is 2.65. The number of aromatic nitrogens is 2. The van der Waals surface area contributed by atoms with Crippen LogP contribution in [-0.2, 0) is 11.3 Å². The van der Waals surface area contributed by atoms with Gasteiger partial charge in [0.1, 0.15) is 6.54 Å². The minimum absolute atomic E-state index is 0.0356. The molecule has 2 heterocycles. The average molecular weight is 368 g/mol. The van der Waals surface area contributed by atoms with Gasteiger partial charge in [0, 0.05) is 30.0 Å². The van der Waals surface area contributed by atoms with Crippen LogP contribution in [0.2, 0.25) is 0 Å². The van der Waals surface area contributed by atoms with E-state index in [4.69, 9.17) is 0 Å². The highest BCUT2D eigenvalue weighted by Gasteiger charge is 2.21. The molecule has 1 aromatic heterocycles. The molecule has 144 valence electrons. The summed E-state index contributed by atoms with van der Waals surface area (Å²) in [6.07, 6.45) is 3.36. The van der Waals surface area contributed by atoms with Crippen molar-refractivity contribution in [2.45, 2.75) is 53.5 Å². The maximum absolute atomic E-state index is 12.9. The standard InChI is InChI=1S/C21H28N4O2/c1-14-8-9-18(15(2)12-14)23-19(26)13-25-20(27)16(3)17(4)22-21(25)24-10-6-5-7-11-24/h8-9,12H,5-7,10-11,13H2,1-4H3,(H,23,26). The quantitative estimate of drug-likeness (QED) is 0.900. The number of nitrogens with one attached hydrogen (secondary N) is 1.